The number of anilines is 1. The third kappa shape index (κ3) is 2.96. The van der Waals surface area contributed by atoms with Crippen LogP contribution >= 0.6 is 0 Å². The zero-order chi connectivity index (χ0) is 14.8. The van der Waals surface area contributed by atoms with Crippen molar-refractivity contribution in [3.05, 3.63) is 24.3 Å². The van der Waals surface area contributed by atoms with E-state index in [4.69, 9.17) is 4.74 Å². The maximum Gasteiger partial charge on any atom is 0.162 e. The van der Waals surface area contributed by atoms with Gasteiger partial charge in [0.1, 0.15) is 11.4 Å². The maximum atomic E-state index is 5.48. The average Bonchev–Trinajstić information content (AvgIpc) is 2.85. The summed E-state index contributed by atoms with van der Waals surface area (Å²) in [6.45, 7) is 6.74. The van der Waals surface area contributed by atoms with Crippen LogP contribution in [0.25, 0.3) is 11.3 Å². The summed E-state index contributed by atoms with van der Waals surface area (Å²) in [5.41, 5.74) is 1.26. The van der Waals surface area contributed by atoms with Crippen molar-refractivity contribution < 1.29 is 4.74 Å². The highest BCUT2D eigenvalue weighted by Gasteiger charge is 2.24. The van der Waals surface area contributed by atoms with E-state index in [1.807, 2.05) is 40.1 Å². The zero-order valence-electron chi connectivity index (χ0n) is 12.6. The van der Waals surface area contributed by atoms with Crippen molar-refractivity contribution in [2.45, 2.75) is 26.4 Å². The molecule has 0 aliphatic rings. The predicted molar refractivity (Wildman–Crippen MR) is 78.4 cm³/mol. The van der Waals surface area contributed by atoms with Crippen LogP contribution in [-0.4, -0.2) is 33.4 Å². The largest absolute Gasteiger partial charge is 0.371 e. The topological polar surface area (TPSA) is 64.9 Å². The number of rotatable bonds is 5. The Kier molecular flexibility index (Phi) is 4.04. The monoisotopic (exact) mass is 275 g/mol. The summed E-state index contributed by atoms with van der Waals surface area (Å²) in [6.07, 6.45) is 3.73. The van der Waals surface area contributed by atoms with Crippen molar-refractivity contribution >= 4 is 5.82 Å². The van der Waals surface area contributed by atoms with E-state index in [1.54, 1.807) is 18.0 Å². The molecule has 0 fully saturated rings. The van der Waals surface area contributed by atoms with Gasteiger partial charge >= 0.3 is 0 Å². The maximum absolute atomic E-state index is 5.48. The van der Waals surface area contributed by atoms with Crippen molar-refractivity contribution in [2.75, 3.05) is 19.0 Å². The van der Waals surface area contributed by atoms with E-state index < -0.39 is 5.60 Å². The van der Waals surface area contributed by atoms with Crippen molar-refractivity contribution in [3.8, 4) is 11.3 Å². The smallest absolute Gasteiger partial charge is 0.162 e. The standard InChI is InChI=1S/C14H21N5O/c1-6-15-12-7-11(10-8-16-19(4)9-10)17-13(18-12)14(2,3)20-5/h7-9H,6H2,1-5H3,(H,15,17,18). The second-order valence-electron chi connectivity index (χ2n) is 5.11. The first-order valence-electron chi connectivity index (χ1n) is 6.64. The van der Waals surface area contributed by atoms with E-state index >= 15 is 0 Å². The minimum atomic E-state index is -0.539. The molecule has 0 atom stereocenters. The molecule has 0 spiro atoms. The van der Waals surface area contributed by atoms with Gasteiger partial charge in [0.2, 0.25) is 0 Å². The van der Waals surface area contributed by atoms with Gasteiger partial charge in [-0.1, -0.05) is 0 Å². The van der Waals surface area contributed by atoms with E-state index in [9.17, 15) is 0 Å². The second-order valence-corrected chi connectivity index (χ2v) is 5.11. The van der Waals surface area contributed by atoms with Crippen LogP contribution in [0.15, 0.2) is 18.5 Å². The first-order valence-corrected chi connectivity index (χ1v) is 6.64. The summed E-state index contributed by atoms with van der Waals surface area (Å²) < 4.78 is 7.23. The third-order valence-corrected chi connectivity index (χ3v) is 3.13. The number of hydrogen-bond acceptors (Lipinski definition) is 5. The molecule has 0 aliphatic heterocycles. The van der Waals surface area contributed by atoms with Crippen molar-refractivity contribution in [2.24, 2.45) is 7.05 Å². The molecule has 0 amide bonds. The van der Waals surface area contributed by atoms with Gasteiger partial charge in [0.25, 0.3) is 0 Å². The highest BCUT2D eigenvalue weighted by atomic mass is 16.5. The zero-order valence-corrected chi connectivity index (χ0v) is 12.6. The number of methoxy groups -OCH3 is 1. The average molecular weight is 275 g/mol. The van der Waals surface area contributed by atoms with E-state index in [1.165, 1.54) is 0 Å². The lowest BCUT2D eigenvalue weighted by Crippen LogP contribution is -2.23. The summed E-state index contributed by atoms with van der Waals surface area (Å²) >= 11 is 0. The molecule has 2 rings (SSSR count). The van der Waals surface area contributed by atoms with Gasteiger partial charge in [-0.25, -0.2) is 9.97 Å². The lowest BCUT2D eigenvalue weighted by atomic mass is 10.1. The second kappa shape index (κ2) is 5.58. The fourth-order valence-electron chi connectivity index (χ4n) is 1.78. The van der Waals surface area contributed by atoms with E-state index in [0.29, 0.717) is 5.82 Å². The van der Waals surface area contributed by atoms with Crippen molar-refractivity contribution in [3.63, 3.8) is 0 Å². The molecule has 0 saturated heterocycles. The molecule has 6 heteroatoms. The normalized spacial score (nSPS) is 11.7. The summed E-state index contributed by atoms with van der Waals surface area (Å²) in [5.74, 6) is 1.44. The SMILES string of the molecule is CCNc1cc(-c2cnn(C)c2)nc(C(C)(C)OC)n1. The van der Waals surface area contributed by atoms with E-state index in [-0.39, 0.29) is 0 Å². The van der Waals surface area contributed by atoms with Gasteiger partial charge in [-0.2, -0.15) is 5.10 Å². The van der Waals surface area contributed by atoms with Crippen molar-refractivity contribution in [1.29, 1.82) is 0 Å². The first kappa shape index (κ1) is 14.5. The van der Waals surface area contributed by atoms with E-state index in [2.05, 4.69) is 20.4 Å². The minimum absolute atomic E-state index is 0.539. The van der Waals surface area contributed by atoms with Crippen LogP contribution in [0.4, 0.5) is 5.82 Å². The van der Waals surface area contributed by atoms with Crippen LogP contribution in [0.1, 0.15) is 26.6 Å². The van der Waals surface area contributed by atoms with Crippen LogP contribution in [-0.2, 0) is 17.4 Å². The third-order valence-electron chi connectivity index (χ3n) is 3.13. The quantitative estimate of drug-likeness (QED) is 0.906. The molecule has 2 heterocycles. The molecule has 0 radical (unpaired) electrons. The van der Waals surface area contributed by atoms with Gasteiger partial charge in [-0.15, -0.1) is 0 Å². The number of aryl methyl sites for hydroxylation is 1. The van der Waals surface area contributed by atoms with Crippen LogP contribution in [0.3, 0.4) is 0 Å². The summed E-state index contributed by atoms with van der Waals surface area (Å²) in [6, 6.07) is 1.93. The number of nitrogens with zero attached hydrogens (tertiary/aromatic N) is 4. The van der Waals surface area contributed by atoms with Gasteiger partial charge < -0.3 is 10.1 Å². The molecule has 0 unspecified atom stereocenters. The molecule has 108 valence electrons. The fraction of sp³-hybridized carbons (Fsp3) is 0.500. The highest BCUT2D eigenvalue weighted by molar-refractivity contribution is 5.61. The molecule has 0 bridgehead atoms. The molecule has 6 nitrogen and oxygen atoms in total. The molecular weight excluding hydrogens is 254 g/mol. The van der Waals surface area contributed by atoms with Gasteiger partial charge in [0.15, 0.2) is 5.82 Å². The number of hydrogen-bond donors (Lipinski definition) is 1. The Morgan fingerprint density at radius 2 is 2.10 bits per heavy atom. The fourth-order valence-corrected chi connectivity index (χ4v) is 1.78. The van der Waals surface area contributed by atoms with Crippen LogP contribution in [0.5, 0.6) is 0 Å². The van der Waals surface area contributed by atoms with Gasteiger partial charge in [0.05, 0.1) is 11.9 Å². The predicted octanol–water partition coefficient (Wildman–Crippen LogP) is 2.19. The molecule has 2 aromatic heterocycles. The number of aromatic nitrogens is 4. The number of ether oxygens (including phenoxy) is 1. The Bertz CT molecular complexity index is 591. The minimum Gasteiger partial charge on any atom is -0.371 e. The molecule has 0 saturated carbocycles. The Hall–Kier alpha value is -1.95. The first-order chi connectivity index (χ1) is 9.46. The van der Waals surface area contributed by atoms with Crippen molar-refractivity contribution in [1.82, 2.24) is 19.7 Å². The van der Waals surface area contributed by atoms with Gasteiger partial charge in [0, 0.05) is 38.5 Å². The molecule has 20 heavy (non-hydrogen) atoms. The summed E-state index contributed by atoms with van der Waals surface area (Å²) in [7, 11) is 3.54. The van der Waals surface area contributed by atoms with Gasteiger partial charge in [-0.3, -0.25) is 4.68 Å². The molecule has 1 N–H and O–H groups in total. The lowest BCUT2D eigenvalue weighted by Gasteiger charge is -2.22. The van der Waals surface area contributed by atoms with Crippen LogP contribution in [0, 0.1) is 0 Å². The number of nitrogens with one attached hydrogen (secondary N) is 1. The highest BCUT2D eigenvalue weighted by Crippen LogP contribution is 2.26. The van der Waals surface area contributed by atoms with E-state index in [0.717, 1.165) is 23.6 Å². The summed E-state index contributed by atoms with van der Waals surface area (Å²) in [4.78, 5) is 9.14. The van der Waals surface area contributed by atoms with Crippen LogP contribution in [0.2, 0.25) is 0 Å². The molecule has 0 aliphatic carbocycles. The Morgan fingerprint density at radius 1 is 1.35 bits per heavy atom. The summed E-state index contributed by atoms with van der Waals surface area (Å²) in [5, 5.41) is 7.41. The van der Waals surface area contributed by atoms with Crippen LogP contribution < -0.4 is 5.32 Å². The molecule has 2 aromatic rings. The Labute approximate surface area is 119 Å². The Morgan fingerprint density at radius 3 is 2.65 bits per heavy atom. The van der Waals surface area contributed by atoms with Gasteiger partial charge in [-0.05, 0) is 20.8 Å². The molecular formula is C14H21N5O. The molecule has 0 aromatic carbocycles. The lowest BCUT2D eigenvalue weighted by molar-refractivity contribution is 0.0117. The Balaban J connectivity index is 2.51.